The predicted octanol–water partition coefficient (Wildman–Crippen LogP) is 6.59. The summed E-state index contributed by atoms with van der Waals surface area (Å²) in [5, 5.41) is 0. The highest BCUT2D eigenvalue weighted by Crippen LogP contribution is 2.52. The first kappa shape index (κ1) is 36.5. The van der Waals surface area contributed by atoms with Gasteiger partial charge in [-0.25, -0.2) is 14.4 Å². The average Bonchev–Trinajstić information content (AvgIpc) is 3.08. The van der Waals surface area contributed by atoms with Crippen LogP contribution in [-0.4, -0.2) is 75.5 Å². The van der Waals surface area contributed by atoms with Gasteiger partial charge in [0.15, 0.2) is 11.6 Å². The van der Waals surface area contributed by atoms with E-state index in [0.29, 0.717) is 24.7 Å². The molecule has 1 amide bonds. The van der Waals surface area contributed by atoms with Crippen molar-refractivity contribution in [3.05, 3.63) is 102 Å². The molecule has 2 fully saturated rings. The number of benzene rings is 2. The van der Waals surface area contributed by atoms with Crippen LogP contribution in [-0.2, 0) is 13.0 Å². The van der Waals surface area contributed by atoms with Crippen LogP contribution < -0.4 is 20.1 Å². The SMILES string of the molecule is CCN(C(=O)c1cc(F)ccc1Oc1cncnc1N1CC2(CC(Oc3ccnc4c3C(CCN)N(Cc3ccccc3)CC4)C2)C1)C(C)C.Cl. The van der Waals surface area contributed by atoms with Crippen molar-refractivity contribution in [2.24, 2.45) is 11.1 Å². The molecule has 0 radical (unpaired) electrons. The largest absolute Gasteiger partial charge is 0.490 e. The van der Waals surface area contributed by atoms with Crippen molar-refractivity contribution in [1.29, 1.82) is 0 Å². The Bertz CT molecular complexity index is 1820. The highest BCUT2D eigenvalue weighted by Gasteiger charge is 2.54. The van der Waals surface area contributed by atoms with Crippen LogP contribution in [0.25, 0.3) is 0 Å². The van der Waals surface area contributed by atoms with Crippen molar-refractivity contribution in [3.8, 4) is 17.2 Å². The highest BCUT2D eigenvalue weighted by molar-refractivity contribution is 5.97. The number of hydrogen-bond acceptors (Lipinski definition) is 9. The number of amides is 1. The number of carbonyl (C=O) groups excluding carboxylic acids is 1. The Morgan fingerprint density at radius 1 is 1.08 bits per heavy atom. The van der Waals surface area contributed by atoms with E-state index in [1.165, 1.54) is 35.7 Å². The van der Waals surface area contributed by atoms with Crippen LogP contribution in [0.3, 0.4) is 0 Å². The number of nitrogens with two attached hydrogens (primary N) is 1. The Hall–Kier alpha value is -4.32. The molecule has 4 heterocycles. The van der Waals surface area contributed by atoms with Gasteiger partial charge in [0, 0.05) is 68.4 Å². The summed E-state index contributed by atoms with van der Waals surface area (Å²) >= 11 is 0. The second-order valence-corrected chi connectivity index (χ2v) is 14.1. The normalized spacial score (nSPS) is 18.0. The third-order valence-electron chi connectivity index (χ3n) is 10.4. The summed E-state index contributed by atoms with van der Waals surface area (Å²) in [5.74, 6) is 1.50. The third-order valence-corrected chi connectivity index (χ3v) is 10.4. The van der Waals surface area contributed by atoms with Gasteiger partial charge in [0.25, 0.3) is 5.91 Å². The fraction of sp³-hybridized carbons (Fsp3) is 0.436. The van der Waals surface area contributed by atoms with E-state index < -0.39 is 5.82 Å². The van der Waals surface area contributed by atoms with Gasteiger partial charge in [0.1, 0.15) is 29.7 Å². The van der Waals surface area contributed by atoms with Crippen molar-refractivity contribution < 1.29 is 18.7 Å². The van der Waals surface area contributed by atoms with Gasteiger partial charge in [0.2, 0.25) is 0 Å². The van der Waals surface area contributed by atoms with E-state index >= 15 is 0 Å². The maximum atomic E-state index is 14.3. The Balaban J connectivity index is 0.00000448. The minimum atomic E-state index is -0.497. The summed E-state index contributed by atoms with van der Waals surface area (Å²) < 4.78 is 27.4. The Labute approximate surface area is 305 Å². The minimum Gasteiger partial charge on any atom is -0.490 e. The molecule has 270 valence electrons. The van der Waals surface area contributed by atoms with Crippen LogP contribution in [0.4, 0.5) is 10.2 Å². The van der Waals surface area contributed by atoms with Crippen molar-refractivity contribution in [1.82, 2.24) is 24.8 Å². The molecule has 51 heavy (non-hydrogen) atoms. The lowest BCUT2D eigenvalue weighted by molar-refractivity contribution is -0.0357. The molecule has 2 aliphatic heterocycles. The molecule has 1 saturated carbocycles. The summed E-state index contributed by atoms with van der Waals surface area (Å²) in [7, 11) is 0. The van der Waals surface area contributed by atoms with Crippen molar-refractivity contribution in [2.45, 2.75) is 71.2 Å². The molecule has 12 heteroatoms. The first-order valence-corrected chi connectivity index (χ1v) is 17.7. The molecule has 1 spiro atoms. The Morgan fingerprint density at radius 2 is 1.86 bits per heavy atom. The topological polar surface area (TPSA) is 110 Å². The molecule has 2 N–H and O–H groups in total. The van der Waals surface area contributed by atoms with E-state index in [9.17, 15) is 9.18 Å². The van der Waals surface area contributed by atoms with E-state index in [0.717, 1.165) is 63.3 Å². The van der Waals surface area contributed by atoms with Gasteiger partial charge in [-0.2, -0.15) is 0 Å². The molecule has 2 aromatic carbocycles. The summed E-state index contributed by atoms with van der Waals surface area (Å²) in [4.78, 5) is 33.3. The second kappa shape index (κ2) is 15.5. The number of rotatable bonds is 12. The van der Waals surface area contributed by atoms with Gasteiger partial charge in [-0.1, -0.05) is 30.3 Å². The predicted molar refractivity (Wildman–Crippen MR) is 197 cm³/mol. The van der Waals surface area contributed by atoms with Crippen LogP contribution in [0.15, 0.2) is 73.3 Å². The molecule has 1 saturated heterocycles. The zero-order chi connectivity index (χ0) is 34.8. The molecule has 1 aliphatic carbocycles. The van der Waals surface area contributed by atoms with E-state index in [1.807, 2.05) is 33.0 Å². The lowest BCUT2D eigenvalue weighted by Crippen LogP contribution is -2.65. The maximum Gasteiger partial charge on any atom is 0.257 e. The van der Waals surface area contributed by atoms with Crippen molar-refractivity contribution in [2.75, 3.05) is 37.6 Å². The Kier molecular flexibility index (Phi) is 11.1. The molecule has 3 aliphatic rings. The summed E-state index contributed by atoms with van der Waals surface area (Å²) in [5.41, 5.74) is 10.0. The molecule has 10 nitrogen and oxygen atoms in total. The first-order valence-electron chi connectivity index (χ1n) is 17.7. The molecule has 2 aromatic heterocycles. The van der Waals surface area contributed by atoms with Crippen LogP contribution in [0.5, 0.6) is 17.2 Å². The maximum absolute atomic E-state index is 14.3. The van der Waals surface area contributed by atoms with E-state index in [2.05, 4.69) is 50.1 Å². The number of fused-ring (bicyclic) bond motifs is 1. The molecular formula is C39H47ClFN7O3. The molecule has 1 unspecified atom stereocenters. The summed E-state index contributed by atoms with van der Waals surface area (Å²) in [6, 6.07) is 16.7. The Morgan fingerprint density at radius 3 is 2.59 bits per heavy atom. The average molecular weight is 716 g/mol. The van der Waals surface area contributed by atoms with Crippen LogP contribution in [0, 0.1) is 11.2 Å². The van der Waals surface area contributed by atoms with Gasteiger partial charge in [-0.05, 0) is 76.4 Å². The van der Waals surface area contributed by atoms with Gasteiger partial charge in [-0.3, -0.25) is 14.7 Å². The number of ether oxygens (including phenoxy) is 2. The monoisotopic (exact) mass is 715 g/mol. The van der Waals surface area contributed by atoms with E-state index in [-0.39, 0.29) is 53.2 Å². The number of halogens is 2. The molecule has 0 bridgehead atoms. The van der Waals surface area contributed by atoms with Gasteiger partial charge in [-0.15, -0.1) is 12.4 Å². The van der Waals surface area contributed by atoms with E-state index in [1.54, 1.807) is 11.1 Å². The second-order valence-electron chi connectivity index (χ2n) is 14.1. The number of aromatic nitrogens is 3. The molecule has 1 atom stereocenters. The number of hydrogen-bond donors (Lipinski definition) is 1. The zero-order valence-electron chi connectivity index (χ0n) is 29.5. The smallest absolute Gasteiger partial charge is 0.257 e. The van der Waals surface area contributed by atoms with Gasteiger partial charge < -0.3 is 25.0 Å². The number of carbonyl (C=O) groups is 1. The van der Waals surface area contributed by atoms with Crippen molar-refractivity contribution in [3.63, 3.8) is 0 Å². The third kappa shape index (κ3) is 7.52. The van der Waals surface area contributed by atoms with Crippen LogP contribution >= 0.6 is 12.4 Å². The van der Waals surface area contributed by atoms with Gasteiger partial charge >= 0.3 is 0 Å². The summed E-state index contributed by atoms with van der Waals surface area (Å²) in [6.07, 6.45) is 8.70. The van der Waals surface area contributed by atoms with Gasteiger partial charge in [0.05, 0.1) is 17.5 Å². The molecule has 7 rings (SSSR count). The minimum absolute atomic E-state index is 0. The first-order chi connectivity index (χ1) is 24.3. The van der Waals surface area contributed by atoms with Crippen molar-refractivity contribution >= 4 is 24.1 Å². The zero-order valence-corrected chi connectivity index (χ0v) is 30.3. The van der Waals surface area contributed by atoms with Crippen LogP contribution in [0.1, 0.15) is 73.3 Å². The fourth-order valence-electron chi connectivity index (χ4n) is 7.97. The molecular weight excluding hydrogens is 669 g/mol. The van der Waals surface area contributed by atoms with E-state index in [4.69, 9.17) is 20.2 Å². The highest BCUT2D eigenvalue weighted by atomic mass is 35.5. The lowest BCUT2D eigenvalue weighted by Gasteiger charge is -2.59. The number of pyridine rings is 1. The molecule has 4 aromatic rings. The van der Waals surface area contributed by atoms with Crippen LogP contribution in [0.2, 0.25) is 0 Å². The number of anilines is 1. The standard InChI is InChI=1S/C39H46FN7O3.ClH/c1-4-47(26(2)3)38(48)30-18-28(40)10-11-33(30)50-35-21-42-25-44-37(35)46-23-39(24-46)19-29(20-39)49-34-13-16-43-31-14-17-45(32(12-15-41)36(31)34)22-27-8-6-5-7-9-27;/h5-11,13,16,18,21,25-26,29,32H,4,12,14-15,17,19-20,22-24,41H2,1-3H3;1H. The number of nitrogens with zero attached hydrogens (tertiary/aromatic N) is 6. The summed E-state index contributed by atoms with van der Waals surface area (Å²) in [6.45, 7) is 10.3. The lowest BCUT2D eigenvalue weighted by atomic mass is 9.61. The fourth-order valence-corrected chi connectivity index (χ4v) is 7.97. The quantitative estimate of drug-likeness (QED) is 0.174.